The highest BCUT2D eigenvalue weighted by molar-refractivity contribution is 5.92. The van der Waals surface area contributed by atoms with Gasteiger partial charge in [0.05, 0.1) is 17.8 Å². The molecule has 5 heteroatoms. The monoisotopic (exact) mass is 275 g/mol. The normalized spacial score (nSPS) is 18.1. The molecular formula is C15H21N3O2. The van der Waals surface area contributed by atoms with Gasteiger partial charge in [-0.05, 0) is 31.4 Å². The van der Waals surface area contributed by atoms with E-state index < -0.39 is 0 Å². The van der Waals surface area contributed by atoms with E-state index in [0.717, 1.165) is 25.2 Å². The molecule has 0 saturated carbocycles. The van der Waals surface area contributed by atoms with Gasteiger partial charge in [-0.15, -0.1) is 0 Å². The van der Waals surface area contributed by atoms with Crippen molar-refractivity contribution >= 4 is 17.4 Å². The zero-order chi connectivity index (χ0) is 14.7. The molecule has 2 heterocycles. The molecule has 1 unspecified atom stereocenters. The Morgan fingerprint density at radius 1 is 1.45 bits per heavy atom. The van der Waals surface area contributed by atoms with E-state index in [1.807, 2.05) is 6.07 Å². The quantitative estimate of drug-likeness (QED) is 0.902. The van der Waals surface area contributed by atoms with Crippen molar-refractivity contribution in [3.8, 4) is 0 Å². The van der Waals surface area contributed by atoms with Crippen molar-refractivity contribution < 1.29 is 9.59 Å². The first-order valence-electron chi connectivity index (χ1n) is 6.97. The van der Waals surface area contributed by atoms with Gasteiger partial charge in [-0.3, -0.25) is 9.59 Å². The van der Waals surface area contributed by atoms with E-state index in [1.54, 1.807) is 20.0 Å². The molecule has 1 aromatic rings. The van der Waals surface area contributed by atoms with Crippen LogP contribution in [0, 0.1) is 5.92 Å². The first-order chi connectivity index (χ1) is 9.51. The predicted octanol–water partition coefficient (Wildman–Crippen LogP) is 1.42. The average molecular weight is 275 g/mol. The lowest BCUT2D eigenvalue weighted by Crippen LogP contribution is -2.24. The summed E-state index contributed by atoms with van der Waals surface area (Å²) >= 11 is 0. The number of ketones is 1. The second kappa shape index (κ2) is 6.03. The average Bonchev–Trinajstić information content (AvgIpc) is 2.83. The smallest absolute Gasteiger partial charge is 0.269 e. The van der Waals surface area contributed by atoms with Gasteiger partial charge in [-0.25, -0.2) is 4.98 Å². The second-order valence-corrected chi connectivity index (χ2v) is 5.46. The topological polar surface area (TPSA) is 62.3 Å². The summed E-state index contributed by atoms with van der Waals surface area (Å²) in [5, 5.41) is 2.56. The first kappa shape index (κ1) is 14.5. The summed E-state index contributed by atoms with van der Waals surface area (Å²) < 4.78 is 0. The minimum Gasteiger partial charge on any atom is -0.370 e. The fraction of sp³-hybridized carbons (Fsp3) is 0.533. The predicted molar refractivity (Wildman–Crippen MR) is 78.0 cm³/mol. The Bertz CT molecular complexity index is 528. The molecular weight excluding hydrogens is 254 g/mol. The van der Waals surface area contributed by atoms with Crippen LogP contribution >= 0.6 is 0 Å². The van der Waals surface area contributed by atoms with E-state index in [0.29, 0.717) is 17.3 Å². The molecule has 1 saturated heterocycles. The number of hydrogen-bond acceptors (Lipinski definition) is 4. The van der Waals surface area contributed by atoms with Crippen LogP contribution < -0.4 is 10.2 Å². The maximum absolute atomic E-state index is 11.7. The molecule has 1 fully saturated rings. The molecule has 1 amide bonds. The lowest BCUT2D eigenvalue weighted by molar-refractivity contribution is -0.116. The van der Waals surface area contributed by atoms with Gasteiger partial charge in [0.1, 0.15) is 11.5 Å². The van der Waals surface area contributed by atoms with Crippen LogP contribution in [0.15, 0.2) is 12.1 Å². The number of hydrogen-bond donors (Lipinski definition) is 1. The Labute approximate surface area is 119 Å². The Morgan fingerprint density at radius 3 is 2.75 bits per heavy atom. The van der Waals surface area contributed by atoms with E-state index in [1.165, 1.54) is 0 Å². The number of anilines is 1. The van der Waals surface area contributed by atoms with Gasteiger partial charge in [-0.1, -0.05) is 6.92 Å². The molecule has 5 nitrogen and oxygen atoms in total. The van der Waals surface area contributed by atoms with Gasteiger partial charge in [-0.2, -0.15) is 0 Å². The number of amides is 1. The lowest BCUT2D eigenvalue weighted by Gasteiger charge is -2.21. The van der Waals surface area contributed by atoms with Gasteiger partial charge >= 0.3 is 0 Å². The van der Waals surface area contributed by atoms with Crippen LogP contribution in [0.2, 0.25) is 0 Å². The van der Waals surface area contributed by atoms with Crippen LogP contribution in [0.5, 0.6) is 0 Å². The van der Waals surface area contributed by atoms with E-state index in [4.69, 9.17) is 0 Å². The minimum atomic E-state index is -0.226. The summed E-state index contributed by atoms with van der Waals surface area (Å²) in [6.07, 6.45) is 1.42. The van der Waals surface area contributed by atoms with Crippen LogP contribution in [-0.4, -0.2) is 36.8 Å². The Kier molecular flexibility index (Phi) is 4.37. The highest BCUT2D eigenvalue weighted by Crippen LogP contribution is 2.26. The SMILES string of the molecule is CNC(=O)c1ccc(N2CCC(C)C2)c(CC(C)=O)n1. The van der Waals surface area contributed by atoms with Crippen molar-refractivity contribution in [1.82, 2.24) is 10.3 Å². The summed E-state index contributed by atoms with van der Waals surface area (Å²) in [5.41, 5.74) is 2.05. The number of Topliss-reactive ketones (excluding diaryl/α,β-unsaturated/α-hetero) is 1. The summed E-state index contributed by atoms with van der Waals surface area (Å²) in [5.74, 6) is 0.481. The zero-order valence-electron chi connectivity index (χ0n) is 12.3. The number of nitrogens with zero attached hydrogens (tertiary/aromatic N) is 2. The molecule has 0 spiro atoms. The van der Waals surface area contributed by atoms with E-state index in [9.17, 15) is 9.59 Å². The van der Waals surface area contributed by atoms with Crippen LogP contribution in [0.3, 0.4) is 0 Å². The molecule has 0 radical (unpaired) electrons. The third-order valence-corrected chi connectivity index (χ3v) is 3.59. The Balaban J connectivity index is 2.34. The van der Waals surface area contributed by atoms with Crippen LogP contribution in [0.1, 0.15) is 36.5 Å². The fourth-order valence-corrected chi connectivity index (χ4v) is 2.56. The number of pyridine rings is 1. The van der Waals surface area contributed by atoms with Crippen molar-refractivity contribution in [3.05, 3.63) is 23.5 Å². The molecule has 20 heavy (non-hydrogen) atoms. The number of aromatic nitrogens is 1. The second-order valence-electron chi connectivity index (χ2n) is 5.46. The summed E-state index contributed by atoms with van der Waals surface area (Å²) in [6, 6.07) is 3.63. The fourth-order valence-electron chi connectivity index (χ4n) is 2.56. The third kappa shape index (κ3) is 3.15. The summed E-state index contributed by atoms with van der Waals surface area (Å²) in [7, 11) is 1.57. The van der Waals surface area contributed by atoms with Crippen molar-refractivity contribution in [2.24, 2.45) is 5.92 Å². The van der Waals surface area contributed by atoms with E-state index >= 15 is 0 Å². The largest absolute Gasteiger partial charge is 0.370 e. The van der Waals surface area contributed by atoms with Crippen molar-refractivity contribution in [1.29, 1.82) is 0 Å². The minimum absolute atomic E-state index is 0.0556. The number of carbonyl (C=O) groups excluding carboxylic acids is 2. The highest BCUT2D eigenvalue weighted by atomic mass is 16.1. The van der Waals surface area contributed by atoms with Gasteiger partial charge in [0.15, 0.2) is 0 Å². The van der Waals surface area contributed by atoms with Gasteiger partial charge in [0.25, 0.3) is 5.91 Å². The maximum Gasteiger partial charge on any atom is 0.269 e. The van der Waals surface area contributed by atoms with Crippen molar-refractivity contribution in [2.75, 3.05) is 25.0 Å². The zero-order valence-corrected chi connectivity index (χ0v) is 12.3. The van der Waals surface area contributed by atoms with E-state index in [2.05, 4.69) is 22.1 Å². The van der Waals surface area contributed by atoms with Crippen LogP contribution in [0.25, 0.3) is 0 Å². The number of carbonyl (C=O) groups is 2. The molecule has 1 aliphatic heterocycles. The van der Waals surface area contributed by atoms with Crippen molar-refractivity contribution in [2.45, 2.75) is 26.7 Å². The van der Waals surface area contributed by atoms with Crippen LogP contribution in [0.4, 0.5) is 5.69 Å². The molecule has 108 valence electrons. The van der Waals surface area contributed by atoms with Crippen molar-refractivity contribution in [3.63, 3.8) is 0 Å². The molecule has 1 atom stereocenters. The lowest BCUT2D eigenvalue weighted by atomic mass is 10.1. The van der Waals surface area contributed by atoms with Gasteiger partial charge in [0, 0.05) is 20.1 Å². The number of rotatable bonds is 4. The molecule has 1 aromatic heterocycles. The van der Waals surface area contributed by atoms with Crippen LogP contribution in [-0.2, 0) is 11.2 Å². The molecule has 0 aromatic carbocycles. The standard InChI is InChI=1S/C15H21N3O2/c1-10-6-7-18(9-10)14-5-4-12(15(20)16-3)17-13(14)8-11(2)19/h4-5,10H,6-9H2,1-3H3,(H,16,20). The molecule has 2 rings (SSSR count). The third-order valence-electron chi connectivity index (χ3n) is 3.59. The number of nitrogens with one attached hydrogen (secondary N) is 1. The summed E-state index contributed by atoms with van der Waals surface area (Å²) in [4.78, 5) is 29.7. The Morgan fingerprint density at radius 2 is 2.20 bits per heavy atom. The van der Waals surface area contributed by atoms with Gasteiger partial charge in [0.2, 0.25) is 0 Å². The molecule has 0 aliphatic carbocycles. The first-order valence-corrected chi connectivity index (χ1v) is 6.97. The molecule has 1 N–H and O–H groups in total. The summed E-state index contributed by atoms with van der Waals surface area (Å²) in [6.45, 7) is 5.72. The maximum atomic E-state index is 11.7. The molecule has 1 aliphatic rings. The highest BCUT2D eigenvalue weighted by Gasteiger charge is 2.23. The van der Waals surface area contributed by atoms with Gasteiger partial charge < -0.3 is 10.2 Å². The Hall–Kier alpha value is -1.91. The van der Waals surface area contributed by atoms with E-state index in [-0.39, 0.29) is 18.1 Å². The molecule has 0 bridgehead atoms.